The van der Waals surface area contributed by atoms with Gasteiger partial charge in [0, 0.05) is 5.56 Å². The van der Waals surface area contributed by atoms with Gasteiger partial charge in [-0.25, -0.2) is 22.0 Å². The fourth-order valence-corrected chi connectivity index (χ4v) is 4.32. The summed E-state index contributed by atoms with van der Waals surface area (Å²) in [6.07, 6.45) is 22.4. The summed E-state index contributed by atoms with van der Waals surface area (Å²) in [5.74, 6) is -9.18. The molecule has 0 saturated heterocycles. The zero-order chi connectivity index (χ0) is 24.3. The van der Waals surface area contributed by atoms with E-state index in [1.807, 2.05) is 0 Å². The summed E-state index contributed by atoms with van der Waals surface area (Å²) in [6.45, 7) is 0.820. The van der Waals surface area contributed by atoms with Gasteiger partial charge in [-0.1, -0.05) is 109 Å². The highest BCUT2D eigenvalue weighted by molar-refractivity contribution is 5.24. The molecule has 0 aliphatic rings. The van der Waals surface area contributed by atoms with Gasteiger partial charge < -0.3 is 5.73 Å². The molecule has 0 saturated carbocycles. The Balaban J connectivity index is 1.88. The van der Waals surface area contributed by atoms with E-state index in [4.69, 9.17) is 5.73 Å². The number of halogens is 5. The third-order valence-electron chi connectivity index (χ3n) is 6.43. The lowest BCUT2D eigenvalue weighted by molar-refractivity contribution is 0.368. The fourth-order valence-electron chi connectivity index (χ4n) is 4.32. The average Bonchev–Trinajstić information content (AvgIpc) is 2.82. The van der Waals surface area contributed by atoms with Crippen LogP contribution < -0.4 is 5.73 Å². The molecule has 0 spiro atoms. The summed E-state index contributed by atoms with van der Waals surface area (Å²) in [6, 6.07) is 0. The maximum Gasteiger partial charge on any atom is 0.200 e. The van der Waals surface area contributed by atoms with Crippen LogP contribution in [0.2, 0.25) is 0 Å². The Bertz CT molecular complexity index is 606. The molecule has 0 bridgehead atoms. The molecule has 0 atom stereocenters. The Kier molecular flexibility index (Phi) is 17.3. The minimum absolute atomic E-state index is 0.124. The van der Waals surface area contributed by atoms with Crippen molar-refractivity contribution in [3.63, 3.8) is 0 Å². The van der Waals surface area contributed by atoms with Crippen LogP contribution in [0.5, 0.6) is 0 Å². The van der Waals surface area contributed by atoms with Gasteiger partial charge >= 0.3 is 0 Å². The summed E-state index contributed by atoms with van der Waals surface area (Å²) in [5.41, 5.74) is 4.80. The summed E-state index contributed by atoms with van der Waals surface area (Å²) in [5, 5.41) is 0. The number of hydrogen-bond acceptors (Lipinski definition) is 1. The maximum absolute atomic E-state index is 13.6. The third kappa shape index (κ3) is 12.8. The second-order valence-corrected chi connectivity index (χ2v) is 9.30. The van der Waals surface area contributed by atoms with Gasteiger partial charge in [-0.3, -0.25) is 0 Å². The van der Waals surface area contributed by atoms with E-state index in [-0.39, 0.29) is 6.42 Å². The molecular weight excluding hydrogens is 433 g/mol. The van der Waals surface area contributed by atoms with Crippen molar-refractivity contribution in [1.82, 2.24) is 0 Å². The molecule has 0 aromatic heterocycles. The summed E-state index contributed by atoms with van der Waals surface area (Å²) >= 11 is 0. The van der Waals surface area contributed by atoms with E-state index in [9.17, 15) is 22.0 Å². The second-order valence-electron chi connectivity index (χ2n) is 9.30. The van der Waals surface area contributed by atoms with Crippen LogP contribution in [0.25, 0.3) is 0 Å². The number of rotatable bonds is 21. The predicted molar refractivity (Wildman–Crippen MR) is 127 cm³/mol. The minimum atomic E-state index is -2.09. The summed E-state index contributed by atoms with van der Waals surface area (Å²) in [4.78, 5) is 0. The highest BCUT2D eigenvalue weighted by atomic mass is 19.2. The first-order valence-electron chi connectivity index (χ1n) is 13.2. The van der Waals surface area contributed by atoms with E-state index in [1.165, 1.54) is 83.5 Å². The molecule has 6 heteroatoms. The molecule has 33 heavy (non-hydrogen) atoms. The standard InChI is InChI=1S/C27H44F5N/c28-23-22(24(29)26(31)27(32)25(23)30)20-18-16-14-12-10-8-6-4-2-1-3-5-7-9-11-13-15-17-19-21-33/h1-21,33H2. The van der Waals surface area contributed by atoms with Crippen molar-refractivity contribution in [1.29, 1.82) is 0 Å². The lowest BCUT2D eigenvalue weighted by Gasteiger charge is -2.08. The predicted octanol–water partition coefficient (Wildman–Crippen LogP) is 9.30. The normalized spacial score (nSPS) is 11.5. The van der Waals surface area contributed by atoms with Gasteiger partial charge in [0.2, 0.25) is 5.82 Å². The molecule has 1 aromatic rings. The first kappa shape index (κ1) is 29.9. The van der Waals surface area contributed by atoms with Gasteiger partial charge in [-0.2, -0.15) is 0 Å². The van der Waals surface area contributed by atoms with E-state index < -0.39 is 34.6 Å². The van der Waals surface area contributed by atoms with Gasteiger partial charge in [0.05, 0.1) is 0 Å². The van der Waals surface area contributed by atoms with Crippen molar-refractivity contribution >= 4 is 0 Å². The number of nitrogens with two attached hydrogens (primary N) is 1. The van der Waals surface area contributed by atoms with Crippen LogP contribution >= 0.6 is 0 Å². The smallest absolute Gasteiger partial charge is 0.200 e. The Labute approximate surface area is 197 Å². The molecule has 192 valence electrons. The van der Waals surface area contributed by atoms with E-state index in [2.05, 4.69) is 0 Å². The number of unbranched alkanes of at least 4 members (excludes halogenated alkanes) is 18. The van der Waals surface area contributed by atoms with Crippen LogP contribution in [-0.2, 0) is 6.42 Å². The molecule has 0 amide bonds. The zero-order valence-electron chi connectivity index (χ0n) is 20.3. The van der Waals surface area contributed by atoms with Crippen molar-refractivity contribution in [2.24, 2.45) is 5.73 Å². The molecule has 0 aliphatic heterocycles. The second kappa shape index (κ2) is 19.2. The highest BCUT2D eigenvalue weighted by Crippen LogP contribution is 2.24. The van der Waals surface area contributed by atoms with Crippen LogP contribution in [0.3, 0.4) is 0 Å². The Morgan fingerprint density at radius 3 is 0.879 bits per heavy atom. The Morgan fingerprint density at radius 1 is 0.333 bits per heavy atom. The SMILES string of the molecule is NCCCCCCCCCCCCCCCCCCCCCc1c(F)c(F)c(F)c(F)c1F. The van der Waals surface area contributed by atoms with E-state index in [0.717, 1.165) is 38.6 Å². The summed E-state index contributed by atoms with van der Waals surface area (Å²) in [7, 11) is 0. The first-order chi connectivity index (χ1) is 16.0. The van der Waals surface area contributed by atoms with Crippen LogP contribution in [0.1, 0.15) is 128 Å². The fraction of sp³-hybridized carbons (Fsp3) is 0.778. The third-order valence-corrected chi connectivity index (χ3v) is 6.43. The monoisotopic (exact) mass is 477 g/mol. The Morgan fingerprint density at radius 2 is 0.576 bits per heavy atom. The molecule has 0 unspecified atom stereocenters. The molecule has 0 heterocycles. The molecule has 1 nitrogen and oxygen atoms in total. The largest absolute Gasteiger partial charge is 0.330 e. The lowest BCUT2D eigenvalue weighted by atomic mass is 10.0. The number of hydrogen-bond donors (Lipinski definition) is 1. The molecule has 1 aromatic carbocycles. The number of benzene rings is 1. The minimum Gasteiger partial charge on any atom is -0.330 e. The van der Waals surface area contributed by atoms with Crippen molar-refractivity contribution in [2.75, 3.05) is 6.54 Å². The van der Waals surface area contributed by atoms with Crippen LogP contribution in [0, 0.1) is 29.1 Å². The lowest BCUT2D eigenvalue weighted by Crippen LogP contribution is -2.07. The molecule has 1 rings (SSSR count). The van der Waals surface area contributed by atoms with Gasteiger partial charge in [0.1, 0.15) is 0 Å². The van der Waals surface area contributed by atoms with E-state index in [1.54, 1.807) is 0 Å². The maximum atomic E-state index is 13.6. The molecule has 0 radical (unpaired) electrons. The van der Waals surface area contributed by atoms with Gasteiger partial charge in [0.25, 0.3) is 0 Å². The highest BCUT2D eigenvalue weighted by Gasteiger charge is 2.24. The van der Waals surface area contributed by atoms with Crippen molar-refractivity contribution in [3.05, 3.63) is 34.6 Å². The van der Waals surface area contributed by atoms with Crippen LogP contribution in [0.15, 0.2) is 0 Å². The topological polar surface area (TPSA) is 26.0 Å². The van der Waals surface area contributed by atoms with Gasteiger partial charge in [0.15, 0.2) is 23.3 Å². The van der Waals surface area contributed by atoms with Crippen LogP contribution in [-0.4, -0.2) is 6.54 Å². The van der Waals surface area contributed by atoms with E-state index >= 15 is 0 Å². The molecule has 0 fully saturated rings. The quantitative estimate of drug-likeness (QED) is 0.0812. The van der Waals surface area contributed by atoms with Gasteiger partial charge in [-0.15, -0.1) is 0 Å². The van der Waals surface area contributed by atoms with Gasteiger partial charge in [-0.05, 0) is 25.8 Å². The van der Waals surface area contributed by atoms with Crippen molar-refractivity contribution in [2.45, 2.75) is 128 Å². The molecular formula is C27H44F5N. The Hall–Kier alpha value is -1.17. The van der Waals surface area contributed by atoms with E-state index in [0.29, 0.717) is 6.42 Å². The first-order valence-corrected chi connectivity index (χ1v) is 13.2. The van der Waals surface area contributed by atoms with Crippen molar-refractivity contribution in [3.8, 4) is 0 Å². The average molecular weight is 478 g/mol. The molecule has 2 N–H and O–H groups in total. The van der Waals surface area contributed by atoms with Crippen LogP contribution in [0.4, 0.5) is 22.0 Å². The molecule has 0 aliphatic carbocycles. The zero-order valence-corrected chi connectivity index (χ0v) is 20.3. The van der Waals surface area contributed by atoms with Crippen molar-refractivity contribution < 1.29 is 22.0 Å². The summed E-state index contributed by atoms with van der Waals surface area (Å²) < 4.78 is 66.7.